The zero-order chi connectivity index (χ0) is 31.5. The number of nitrogens with one attached hydrogen (secondary N) is 4. The van der Waals surface area contributed by atoms with Gasteiger partial charge in [0.25, 0.3) is 0 Å². The van der Waals surface area contributed by atoms with Crippen molar-refractivity contribution in [3.63, 3.8) is 0 Å². The summed E-state index contributed by atoms with van der Waals surface area (Å²) >= 11 is 0. The van der Waals surface area contributed by atoms with E-state index in [1.807, 2.05) is 30.3 Å². The molecule has 4 amide bonds. The van der Waals surface area contributed by atoms with Gasteiger partial charge in [0.05, 0.1) is 25.3 Å². The zero-order valence-electron chi connectivity index (χ0n) is 26.4. The van der Waals surface area contributed by atoms with E-state index in [4.69, 9.17) is 9.31 Å². The number of alkyl carbamates (subject to hydrolysis) is 1. The lowest BCUT2D eigenvalue weighted by Gasteiger charge is -2.64. The molecule has 43 heavy (non-hydrogen) atoms. The second-order valence-corrected chi connectivity index (χ2v) is 13.2. The molecule has 12 heteroatoms. The molecule has 7 atom stereocenters. The summed E-state index contributed by atoms with van der Waals surface area (Å²) in [5.41, 5.74) is 0.681. The molecule has 4 fully saturated rings. The summed E-state index contributed by atoms with van der Waals surface area (Å²) < 4.78 is 17.3. The second-order valence-electron chi connectivity index (χ2n) is 13.2. The van der Waals surface area contributed by atoms with Crippen LogP contribution < -0.4 is 21.3 Å². The van der Waals surface area contributed by atoms with Gasteiger partial charge in [-0.05, 0) is 54.9 Å². The molecule has 2 bridgehead atoms. The smallest absolute Gasteiger partial charge is 0.453 e. The van der Waals surface area contributed by atoms with Crippen molar-refractivity contribution in [3.8, 4) is 0 Å². The van der Waals surface area contributed by atoms with Gasteiger partial charge >= 0.3 is 13.2 Å². The second kappa shape index (κ2) is 13.3. The SMILES string of the molecule is CC[C@H](NC(=O)[C@H](Cc1ccccc1)NC(=O)[C@@H](NC(=O)OC)C(C)C)C(=O)NCB1O[C@@H]2CC3C[C@@H](C3(C)C)[C@]2(C)O1. The monoisotopic (exact) mass is 598 g/mol. The largest absolute Gasteiger partial charge is 0.478 e. The van der Waals surface area contributed by atoms with E-state index in [1.54, 1.807) is 20.8 Å². The van der Waals surface area contributed by atoms with Gasteiger partial charge in [0.1, 0.15) is 18.1 Å². The number of ether oxygens (including phenoxy) is 1. The Labute approximate surface area is 255 Å². The minimum absolute atomic E-state index is 0.0125. The van der Waals surface area contributed by atoms with Crippen LogP contribution in [0.4, 0.5) is 4.79 Å². The first-order valence-electron chi connectivity index (χ1n) is 15.4. The van der Waals surface area contributed by atoms with Gasteiger partial charge in [0.15, 0.2) is 0 Å². The van der Waals surface area contributed by atoms with E-state index in [0.717, 1.165) is 18.4 Å². The number of hydrogen-bond acceptors (Lipinski definition) is 7. The number of benzene rings is 1. The summed E-state index contributed by atoms with van der Waals surface area (Å²) in [4.78, 5) is 51.8. The van der Waals surface area contributed by atoms with Crippen molar-refractivity contribution >= 4 is 30.9 Å². The van der Waals surface area contributed by atoms with Crippen LogP contribution in [0.3, 0.4) is 0 Å². The minimum Gasteiger partial charge on any atom is -0.453 e. The van der Waals surface area contributed by atoms with Crippen molar-refractivity contribution < 1.29 is 33.2 Å². The molecular formula is C31H47BN4O7. The molecule has 3 saturated carbocycles. The molecule has 1 saturated heterocycles. The summed E-state index contributed by atoms with van der Waals surface area (Å²) in [6.07, 6.45) is 2.08. The van der Waals surface area contributed by atoms with E-state index in [9.17, 15) is 19.2 Å². The molecule has 4 N–H and O–H groups in total. The van der Waals surface area contributed by atoms with E-state index >= 15 is 0 Å². The van der Waals surface area contributed by atoms with Gasteiger partial charge < -0.3 is 35.3 Å². The van der Waals surface area contributed by atoms with Crippen LogP contribution in [-0.2, 0) is 34.9 Å². The molecule has 0 aromatic heterocycles. The van der Waals surface area contributed by atoms with Gasteiger partial charge in [0, 0.05) is 6.42 Å². The first-order valence-corrected chi connectivity index (χ1v) is 15.4. The van der Waals surface area contributed by atoms with Crippen molar-refractivity contribution in [1.82, 2.24) is 21.3 Å². The highest BCUT2D eigenvalue weighted by Crippen LogP contribution is 2.65. The molecule has 1 aromatic rings. The number of carbonyl (C=O) groups is 4. The Balaban J connectivity index is 1.37. The van der Waals surface area contributed by atoms with Crippen LogP contribution in [-0.4, -0.2) is 74.3 Å². The summed E-state index contributed by atoms with van der Waals surface area (Å²) in [6.45, 7) is 12.1. The maximum atomic E-state index is 13.5. The highest BCUT2D eigenvalue weighted by atomic mass is 16.7. The molecule has 236 valence electrons. The van der Waals surface area contributed by atoms with E-state index in [-0.39, 0.29) is 41.8 Å². The minimum atomic E-state index is -0.989. The molecule has 1 heterocycles. The Morgan fingerprint density at radius 1 is 0.977 bits per heavy atom. The highest BCUT2D eigenvalue weighted by Gasteiger charge is 2.67. The average Bonchev–Trinajstić information content (AvgIpc) is 3.33. The third-order valence-corrected chi connectivity index (χ3v) is 9.81. The molecule has 11 nitrogen and oxygen atoms in total. The van der Waals surface area contributed by atoms with Crippen molar-refractivity contribution in [2.75, 3.05) is 13.6 Å². The van der Waals surface area contributed by atoms with Crippen LogP contribution in [0, 0.1) is 23.2 Å². The molecular weight excluding hydrogens is 551 g/mol. The summed E-state index contributed by atoms with van der Waals surface area (Å²) in [7, 11) is 0.663. The third-order valence-electron chi connectivity index (χ3n) is 9.81. The first-order chi connectivity index (χ1) is 20.3. The highest BCUT2D eigenvalue weighted by molar-refractivity contribution is 6.46. The molecule has 1 aromatic carbocycles. The topological polar surface area (TPSA) is 144 Å². The molecule has 3 aliphatic carbocycles. The zero-order valence-corrected chi connectivity index (χ0v) is 26.4. The average molecular weight is 599 g/mol. The molecule has 4 aliphatic rings. The van der Waals surface area contributed by atoms with Crippen LogP contribution in [0.2, 0.25) is 0 Å². The van der Waals surface area contributed by atoms with Crippen LogP contribution in [0.15, 0.2) is 30.3 Å². The predicted molar refractivity (Wildman–Crippen MR) is 162 cm³/mol. The van der Waals surface area contributed by atoms with E-state index in [0.29, 0.717) is 18.3 Å². The predicted octanol–water partition coefficient (Wildman–Crippen LogP) is 2.37. The molecule has 1 unspecified atom stereocenters. The number of methoxy groups -OCH3 is 1. The Bertz CT molecular complexity index is 1180. The fraction of sp³-hybridized carbons (Fsp3) is 0.677. The van der Waals surface area contributed by atoms with E-state index < -0.39 is 43.2 Å². The quantitative estimate of drug-likeness (QED) is 0.271. The lowest BCUT2D eigenvalue weighted by molar-refractivity contribution is -0.199. The van der Waals surface area contributed by atoms with Crippen LogP contribution in [0.5, 0.6) is 0 Å². The Morgan fingerprint density at radius 3 is 2.26 bits per heavy atom. The van der Waals surface area contributed by atoms with Crippen molar-refractivity contribution in [3.05, 3.63) is 35.9 Å². The standard InChI is InChI=1S/C31H47BN4O7/c1-8-21(26(37)33-17-32-42-24-16-20-15-23(30(20,4)5)31(24,6)43-32)34-27(38)22(14-19-12-10-9-11-13-19)35-28(39)25(18(2)3)36-29(40)41-7/h9-13,18,20-25H,8,14-17H2,1-7H3,(H,33,37)(H,34,38)(H,35,39)(H,36,40)/t20?,21-,22-,23-,24+,25-,31-/m0/s1. The molecule has 0 spiro atoms. The Morgan fingerprint density at radius 2 is 1.65 bits per heavy atom. The van der Waals surface area contributed by atoms with Gasteiger partial charge in [-0.1, -0.05) is 65.0 Å². The number of rotatable bonds is 12. The normalized spacial score (nSPS) is 27.2. The van der Waals surface area contributed by atoms with Crippen molar-refractivity contribution in [1.29, 1.82) is 0 Å². The number of carbonyl (C=O) groups excluding carboxylic acids is 4. The summed E-state index contributed by atoms with van der Waals surface area (Å²) in [5.74, 6) is -0.610. The van der Waals surface area contributed by atoms with Gasteiger partial charge in [-0.3, -0.25) is 14.4 Å². The summed E-state index contributed by atoms with van der Waals surface area (Å²) in [5, 5.41) is 11.0. The van der Waals surface area contributed by atoms with Crippen LogP contribution in [0.1, 0.15) is 66.4 Å². The van der Waals surface area contributed by atoms with Crippen LogP contribution >= 0.6 is 0 Å². The molecule has 0 radical (unpaired) electrons. The molecule has 5 rings (SSSR count). The maximum Gasteiger partial charge on any atom is 0.478 e. The van der Waals surface area contributed by atoms with Gasteiger partial charge in [0.2, 0.25) is 17.7 Å². The van der Waals surface area contributed by atoms with E-state index in [1.165, 1.54) is 7.11 Å². The molecule has 1 aliphatic heterocycles. The third kappa shape index (κ3) is 7.01. The maximum absolute atomic E-state index is 13.5. The van der Waals surface area contributed by atoms with Gasteiger partial charge in [-0.15, -0.1) is 0 Å². The van der Waals surface area contributed by atoms with Gasteiger partial charge in [-0.25, -0.2) is 4.79 Å². The van der Waals surface area contributed by atoms with Crippen molar-refractivity contribution in [2.45, 2.75) is 97.1 Å². The Hall–Kier alpha value is -3.12. The number of amides is 4. The van der Waals surface area contributed by atoms with Crippen LogP contribution in [0.25, 0.3) is 0 Å². The summed E-state index contributed by atoms with van der Waals surface area (Å²) in [6, 6.07) is 6.52. The van der Waals surface area contributed by atoms with E-state index in [2.05, 4.69) is 46.8 Å². The fourth-order valence-electron chi connectivity index (χ4n) is 7.01. The van der Waals surface area contributed by atoms with Crippen molar-refractivity contribution in [2.24, 2.45) is 23.2 Å². The lowest BCUT2D eigenvalue weighted by atomic mass is 9.43. The number of hydrogen-bond donors (Lipinski definition) is 4. The Kier molecular flexibility index (Phi) is 10.1. The van der Waals surface area contributed by atoms with Gasteiger partial charge in [-0.2, -0.15) is 0 Å². The lowest BCUT2D eigenvalue weighted by Crippen LogP contribution is -2.65. The fourth-order valence-corrected chi connectivity index (χ4v) is 7.01. The first kappa shape index (κ1) is 32.8.